The predicted octanol–water partition coefficient (Wildman–Crippen LogP) is 3.29. The van der Waals surface area contributed by atoms with Gasteiger partial charge in [-0.1, -0.05) is 0 Å². The van der Waals surface area contributed by atoms with E-state index in [1.807, 2.05) is 0 Å². The molecule has 1 atom stereocenters. The normalized spacial score (nSPS) is 22.0. The molecule has 2 heterocycles. The molecular formula is C16H20F3N3O2. The van der Waals surface area contributed by atoms with Gasteiger partial charge in [-0.2, -0.15) is 0 Å². The van der Waals surface area contributed by atoms with Crippen molar-refractivity contribution in [1.82, 2.24) is 9.80 Å². The average Bonchev–Trinajstić information content (AvgIpc) is 2.84. The minimum atomic E-state index is -4.72. The van der Waals surface area contributed by atoms with E-state index in [1.165, 1.54) is 30.7 Å². The lowest BCUT2D eigenvalue weighted by atomic mass is 10.2. The number of hydrogen-bond donors (Lipinski definition) is 1. The molecule has 5 nitrogen and oxygen atoms in total. The highest BCUT2D eigenvalue weighted by atomic mass is 19.4. The first-order chi connectivity index (χ1) is 11.4. The van der Waals surface area contributed by atoms with Gasteiger partial charge in [0, 0.05) is 31.4 Å². The fraction of sp³-hybridized carbons (Fsp3) is 0.562. The van der Waals surface area contributed by atoms with Gasteiger partial charge in [-0.3, -0.25) is 4.90 Å². The monoisotopic (exact) mass is 343 g/mol. The molecule has 2 aliphatic rings. The molecule has 0 aromatic heterocycles. The Bertz CT molecular complexity index is 577. The molecule has 2 saturated heterocycles. The first kappa shape index (κ1) is 16.9. The van der Waals surface area contributed by atoms with E-state index in [0.29, 0.717) is 24.8 Å². The van der Waals surface area contributed by atoms with Crippen molar-refractivity contribution < 1.29 is 22.7 Å². The first-order valence-corrected chi connectivity index (χ1v) is 8.06. The number of fused-ring (bicyclic) bond motifs is 1. The van der Waals surface area contributed by atoms with E-state index in [9.17, 15) is 18.0 Å². The largest absolute Gasteiger partial charge is 0.573 e. The number of anilines is 1. The minimum Gasteiger partial charge on any atom is -0.406 e. The third-order valence-electron chi connectivity index (χ3n) is 4.43. The quantitative estimate of drug-likeness (QED) is 0.896. The first-order valence-electron chi connectivity index (χ1n) is 8.06. The molecule has 24 heavy (non-hydrogen) atoms. The van der Waals surface area contributed by atoms with Crippen LogP contribution in [0.5, 0.6) is 5.75 Å². The van der Waals surface area contributed by atoms with Crippen molar-refractivity contribution in [3.63, 3.8) is 0 Å². The molecule has 2 aliphatic heterocycles. The maximum atomic E-state index is 12.4. The van der Waals surface area contributed by atoms with Crippen LogP contribution in [0.3, 0.4) is 0 Å². The van der Waals surface area contributed by atoms with Gasteiger partial charge in [0.1, 0.15) is 5.75 Å². The number of nitrogens with one attached hydrogen (secondary N) is 1. The fourth-order valence-corrected chi connectivity index (χ4v) is 3.33. The Balaban J connectivity index is 1.58. The summed E-state index contributed by atoms with van der Waals surface area (Å²) in [6, 6.07) is 5.38. The summed E-state index contributed by atoms with van der Waals surface area (Å²) in [5, 5.41) is 2.74. The maximum absolute atomic E-state index is 12.4. The molecule has 1 N–H and O–H groups in total. The molecule has 8 heteroatoms. The standard InChI is InChI=1S/C16H20F3N3O2/c17-16(18,19)24-14-6-4-12(5-7-14)20-15(23)22-10-2-9-21-8-1-3-13(21)11-22/h4-7,13H,1-3,8-11H2,(H,20,23)/t13-/m0/s1. The van der Waals surface area contributed by atoms with Crippen LogP contribution in [0, 0.1) is 0 Å². The molecule has 1 aromatic carbocycles. The van der Waals surface area contributed by atoms with E-state index >= 15 is 0 Å². The Morgan fingerprint density at radius 1 is 1.12 bits per heavy atom. The fourth-order valence-electron chi connectivity index (χ4n) is 3.33. The van der Waals surface area contributed by atoms with Crippen molar-refractivity contribution in [1.29, 1.82) is 0 Å². The molecule has 0 aliphatic carbocycles. The van der Waals surface area contributed by atoms with Crippen LogP contribution in [-0.2, 0) is 0 Å². The summed E-state index contributed by atoms with van der Waals surface area (Å²) in [7, 11) is 0. The summed E-state index contributed by atoms with van der Waals surface area (Å²) in [5.74, 6) is -0.308. The van der Waals surface area contributed by atoms with Crippen LogP contribution in [0.4, 0.5) is 23.7 Å². The highest BCUT2D eigenvalue weighted by Crippen LogP contribution is 2.25. The summed E-state index contributed by atoms with van der Waals surface area (Å²) in [5.41, 5.74) is 0.446. The lowest BCUT2D eigenvalue weighted by Gasteiger charge is -2.25. The Hall–Kier alpha value is -1.96. The summed E-state index contributed by atoms with van der Waals surface area (Å²) in [6.07, 6.45) is -1.51. The van der Waals surface area contributed by atoms with E-state index in [-0.39, 0.29) is 11.8 Å². The zero-order valence-corrected chi connectivity index (χ0v) is 13.2. The van der Waals surface area contributed by atoms with Crippen LogP contribution in [0.15, 0.2) is 24.3 Å². The number of rotatable bonds is 2. The minimum absolute atomic E-state index is 0.215. The van der Waals surface area contributed by atoms with Crippen molar-refractivity contribution in [3.8, 4) is 5.75 Å². The van der Waals surface area contributed by atoms with Crippen LogP contribution in [0.2, 0.25) is 0 Å². The van der Waals surface area contributed by atoms with Crippen molar-refractivity contribution in [2.75, 3.05) is 31.5 Å². The van der Waals surface area contributed by atoms with Gasteiger partial charge in [-0.15, -0.1) is 13.2 Å². The Morgan fingerprint density at radius 3 is 2.54 bits per heavy atom. The van der Waals surface area contributed by atoms with Crippen LogP contribution < -0.4 is 10.1 Å². The van der Waals surface area contributed by atoms with Gasteiger partial charge in [0.2, 0.25) is 0 Å². The molecule has 2 amide bonds. The van der Waals surface area contributed by atoms with E-state index in [2.05, 4.69) is 15.0 Å². The number of urea groups is 1. The molecule has 0 radical (unpaired) electrons. The Morgan fingerprint density at radius 2 is 1.83 bits per heavy atom. The van der Waals surface area contributed by atoms with Crippen LogP contribution in [0.25, 0.3) is 0 Å². The number of alkyl halides is 3. The molecule has 0 bridgehead atoms. The molecular weight excluding hydrogens is 323 g/mol. The van der Waals surface area contributed by atoms with E-state index < -0.39 is 6.36 Å². The van der Waals surface area contributed by atoms with Gasteiger partial charge < -0.3 is 15.0 Å². The van der Waals surface area contributed by atoms with Gasteiger partial charge in [-0.25, -0.2) is 4.79 Å². The van der Waals surface area contributed by atoms with Gasteiger partial charge >= 0.3 is 12.4 Å². The number of amides is 2. The van der Waals surface area contributed by atoms with Crippen LogP contribution >= 0.6 is 0 Å². The summed E-state index contributed by atoms with van der Waals surface area (Å²) < 4.78 is 40.2. The number of nitrogens with zero attached hydrogens (tertiary/aromatic N) is 2. The lowest BCUT2D eigenvalue weighted by molar-refractivity contribution is -0.274. The Kier molecular flexibility index (Phi) is 4.84. The van der Waals surface area contributed by atoms with E-state index in [0.717, 1.165) is 25.9 Å². The second kappa shape index (κ2) is 6.88. The highest BCUT2D eigenvalue weighted by molar-refractivity contribution is 5.89. The smallest absolute Gasteiger partial charge is 0.406 e. The van der Waals surface area contributed by atoms with Gasteiger partial charge in [0.05, 0.1) is 0 Å². The predicted molar refractivity (Wildman–Crippen MR) is 82.9 cm³/mol. The van der Waals surface area contributed by atoms with Crippen LogP contribution in [-0.4, -0.2) is 54.4 Å². The summed E-state index contributed by atoms with van der Waals surface area (Å²) >= 11 is 0. The van der Waals surface area contributed by atoms with Gasteiger partial charge in [0.15, 0.2) is 0 Å². The van der Waals surface area contributed by atoms with Crippen molar-refractivity contribution in [3.05, 3.63) is 24.3 Å². The third-order valence-corrected chi connectivity index (χ3v) is 4.43. The van der Waals surface area contributed by atoms with Crippen molar-refractivity contribution >= 4 is 11.7 Å². The Labute approximate surface area is 138 Å². The van der Waals surface area contributed by atoms with Gasteiger partial charge in [-0.05, 0) is 50.1 Å². The maximum Gasteiger partial charge on any atom is 0.573 e. The number of halogens is 3. The van der Waals surface area contributed by atoms with E-state index in [1.54, 1.807) is 4.90 Å². The summed E-state index contributed by atoms with van der Waals surface area (Å²) in [4.78, 5) is 16.6. The molecule has 0 unspecified atom stereocenters. The lowest BCUT2D eigenvalue weighted by Crippen LogP contribution is -2.41. The average molecular weight is 343 g/mol. The third kappa shape index (κ3) is 4.31. The number of carbonyl (C=O) groups is 1. The molecule has 0 saturated carbocycles. The molecule has 132 valence electrons. The SMILES string of the molecule is O=C(Nc1ccc(OC(F)(F)F)cc1)N1CCCN2CCC[C@H]2C1. The van der Waals surface area contributed by atoms with Crippen molar-refractivity contribution in [2.24, 2.45) is 0 Å². The topological polar surface area (TPSA) is 44.8 Å². The highest BCUT2D eigenvalue weighted by Gasteiger charge is 2.31. The molecule has 0 spiro atoms. The molecule has 3 rings (SSSR count). The zero-order valence-electron chi connectivity index (χ0n) is 13.2. The number of ether oxygens (including phenoxy) is 1. The second-order valence-corrected chi connectivity index (χ2v) is 6.13. The molecule has 1 aromatic rings. The number of benzene rings is 1. The van der Waals surface area contributed by atoms with E-state index in [4.69, 9.17) is 0 Å². The second-order valence-electron chi connectivity index (χ2n) is 6.13. The van der Waals surface area contributed by atoms with Crippen molar-refractivity contribution in [2.45, 2.75) is 31.7 Å². The summed E-state index contributed by atoms with van der Waals surface area (Å²) in [6.45, 7) is 3.49. The number of carbonyl (C=O) groups excluding carboxylic acids is 1. The van der Waals surface area contributed by atoms with Gasteiger partial charge in [0.25, 0.3) is 0 Å². The zero-order chi connectivity index (χ0) is 17.2. The van der Waals surface area contributed by atoms with Crippen LogP contribution in [0.1, 0.15) is 19.3 Å². The number of hydrogen-bond acceptors (Lipinski definition) is 3. The molecule has 2 fully saturated rings.